The Morgan fingerprint density at radius 3 is 1.32 bits per heavy atom. The van der Waals surface area contributed by atoms with Gasteiger partial charge < -0.3 is 19.0 Å². The molecule has 14 nitrogen and oxygen atoms in total. The molecule has 2 heterocycles. The molecule has 2 aromatic heterocycles. The van der Waals surface area contributed by atoms with E-state index >= 15 is 0 Å². The highest BCUT2D eigenvalue weighted by Crippen LogP contribution is 2.42. The van der Waals surface area contributed by atoms with Crippen LogP contribution in [0.15, 0.2) is 119 Å². The molecule has 4 aromatic carbocycles. The maximum Gasteiger partial charge on any atom is 0.325 e. The summed E-state index contributed by atoms with van der Waals surface area (Å²) in [7, 11) is -4.68. The molecule has 0 saturated heterocycles. The number of esters is 1. The zero-order chi connectivity index (χ0) is 52.5. The molecule has 0 fully saturated rings. The molecule has 72 heavy (non-hydrogen) atoms. The summed E-state index contributed by atoms with van der Waals surface area (Å²) >= 11 is 0. The number of ketones is 2. The van der Waals surface area contributed by atoms with Crippen LogP contribution in [0, 0.1) is 24.7 Å². The number of nitrogens with zero attached hydrogens (tertiary/aromatic N) is 4. The van der Waals surface area contributed by atoms with Gasteiger partial charge in [-0.05, 0) is 103 Å². The maximum absolute atomic E-state index is 13.7. The van der Waals surface area contributed by atoms with Gasteiger partial charge in [-0.25, -0.2) is 16.8 Å². The quantitative estimate of drug-likeness (QED) is 0.0973. The van der Waals surface area contributed by atoms with E-state index in [1.807, 2.05) is 58.2 Å². The summed E-state index contributed by atoms with van der Waals surface area (Å²) in [4.78, 5) is 51.1. The molecule has 0 unspecified atom stereocenters. The zero-order valence-electron chi connectivity index (χ0n) is 42.5. The lowest BCUT2D eigenvalue weighted by atomic mass is 9.75. The molecule has 16 heteroatoms. The third-order valence-corrected chi connectivity index (χ3v) is 17.5. The molecule has 0 saturated carbocycles. The number of hydrogen-bond acceptors (Lipinski definition) is 9. The average Bonchev–Trinajstić information content (AvgIpc) is 3.72. The predicted octanol–water partition coefficient (Wildman–Crippen LogP) is 9.38. The van der Waals surface area contributed by atoms with E-state index in [2.05, 4.69) is 0 Å². The van der Waals surface area contributed by atoms with Crippen molar-refractivity contribution >= 4 is 54.9 Å². The Kier molecular flexibility index (Phi) is 15.3. The van der Waals surface area contributed by atoms with Crippen LogP contribution in [0.1, 0.15) is 113 Å². The molecular formula is C56H64N4O10S2. The van der Waals surface area contributed by atoms with Gasteiger partial charge in [-0.1, -0.05) is 100 Å². The number of fused-ring (bicyclic) bond motifs is 2. The minimum absolute atomic E-state index is 0.0159. The number of carbonyl (C=O) groups is 4. The molecule has 8 rings (SSSR count). The van der Waals surface area contributed by atoms with Crippen LogP contribution < -0.4 is 8.61 Å². The molecule has 2 aliphatic carbocycles. The second-order valence-corrected chi connectivity index (χ2v) is 24.1. The Morgan fingerprint density at radius 2 is 0.944 bits per heavy atom. The molecule has 380 valence electrons. The van der Waals surface area contributed by atoms with Gasteiger partial charge in [0.05, 0.1) is 27.8 Å². The summed E-state index contributed by atoms with van der Waals surface area (Å²) in [6.07, 6.45) is 2.45. The fourth-order valence-corrected chi connectivity index (χ4v) is 13.0. The summed E-state index contributed by atoms with van der Waals surface area (Å²) < 4.78 is 65.9. The number of anilines is 2. The van der Waals surface area contributed by atoms with Crippen molar-refractivity contribution in [1.29, 1.82) is 0 Å². The molecule has 0 spiro atoms. The number of carbonyl (C=O) groups excluding carboxylic acids is 3. The number of ether oxygens (including phenoxy) is 1. The lowest BCUT2D eigenvalue weighted by Crippen LogP contribution is -2.29. The van der Waals surface area contributed by atoms with Crippen molar-refractivity contribution in [3.8, 4) is 0 Å². The van der Waals surface area contributed by atoms with E-state index in [1.54, 1.807) is 109 Å². The highest BCUT2D eigenvalue weighted by molar-refractivity contribution is 7.93. The van der Waals surface area contributed by atoms with Crippen molar-refractivity contribution in [3.63, 3.8) is 0 Å². The van der Waals surface area contributed by atoms with Gasteiger partial charge in [0.1, 0.15) is 13.1 Å². The molecule has 0 amide bonds. The standard InChI is InChI=1S/C29H34N2O5S.C27H30N2O5S/c1-6-36-27(33)19-31-20(2)23(28-24(31)17-29(3,4)18-25(28)32)16-21-12-10-11-15-26(21)37(34,35)30(5)22-13-8-7-9-14-22;1-18-21(26-22(29(18)17-25(31)32)15-27(2,3)16-23(26)30)14-19-10-8-9-13-24(19)35(33,34)28(4)20-11-6-5-7-12-20/h7-15H,6,16-19H2,1-5H3;5-13H,14-17H2,1-4H3,(H,31,32). The third-order valence-electron chi connectivity index (χ3n) is 13.7. The summed E-state index contributed by atoms with van der Waals surface area (Å²) in [5.41, 5.74) is 7.40. The molecule has 0 atom stereocenters. The van der Waals surface area contributed by atoms with Crippen LogP contribution in [-0.2, 0) is 73.1 Å². The predicted molar refractivity (Wildman–Crippen MR) is 278 cm³/mol. The minimum atomic E-state index is -3.87. The van der Waals surface area contributed by atoms with E-state index in [1.165, 1.54) is 22.7 Å². The normalized spacial score (nSPS) is 14.9. The number of aliphatic carboxylic acids is 1. The molecule has 0 radical (unpaired) electrons. The van der Waals surface area contributed by atoms with Crippen molar-refractivity contribution in [2.24, 2.45) is 10.8 Å². The van der Waals surface area contributed by atoms with Crippen LogP contribution in [0.25, 0.3) is 0 Å². The van der Waals surface area contributed by atoms with Crippen LogP contribution >= 0.6 is 0 Å². The van der Waals surface area contributed by atoms with Crippen LogP contribution in [0.2, 0.25) is 0 Å². The number of carboxylic acids is 1. The Morgan fingerprint density at radius 1 is 0.583 bits per heavy atom. The van der Waals surface area contributed by atoms with Gasteiger partial charge in [-0.15, -0.1) is 0 Å². The Hall–Kier alpha value is -6.78. The van der Waals surface area contributed by atoms with Gasteiger partial charge in [0, 0.05) is 73.7 Å². The zero-order valence-corrected chi connectivity index (χ0v) is 44.1. The van der Waals surface area contributed by atoms with Gasteiger partial charge in [-0.2, -0.15) is 0 Å². The summed E-state index contributed by atoms with van der Waals surface area (Å²) in [6.45, 7) is 13.6. The largest absolute Gasteiger partial charge is 0.480 e. The topological polar surface area (TPSA) is 182 Å². The number of Topliss-reactive ketones (excluding diaryl/α,β-unsaturated/α-hetero) is 2. The summed E-state index contributed by atoms with van der Waals surface area (Å²) in [6, 6.07) is 31.4. The number of rotatable bonds is 15. The molecular weight excluding hydrogens is 953 g/mol. The first-order chi connectivity index (χ1) is 33.9. The number of hydrogen-bond donors (Lipinski definition) is 1. The van der Waals surface area contributed by atoms with E-state index in [0.29, 0.717) is 70.6 Å². The molecule has 2 aliphatic rings. The van der Waals surface area contributed by atoms with Gasteiger partial charge in [0.15, 0.2) is 11.6 Å². The second kappa shape index (κ2) is 20.7. The maximum atomic E-state index is 13.7. The number of carboxylic acid groups (broad SMARTS) is 1. The summed E-state index contributed by atoms with van der Waals surface area (Å²) in [5, 5.41) is 9.52. The smallest absolute Gasteiger partial charge is 0.325 e. The van der Waals surface area contributed by atoms with E-state index < -0.39 is 26.0 Å². The third kappa shape index (κ3) is 10.8. The number of para-hydroxylation sites is 2. The van der Waals surface area contributed by atoms with E-state index in [0.717, 1.165) is 22.6 Å². The molecule has 0 aliphatic heterocycles. The van der Waals surface area contributed by atoms with Crippen molar-refractivity contribution in [2.75, 3.05) is 29.3 Å². The Labute approximate surface area is 423 Å². The van der Waals surface area contributed by atoms with Gasteiger partial charge in [-0.3, -0.25) is 27.8 Å². The lowest BCUT2D eigenvalue weighted by molar-refractivity contribution is -0.144. The second-order valence-electron chi connectivity index (χ2n) is 20.2. The fraction of sp³-hybridized carbons (Fsp3) is 0.357. The monoisotopic (exact) mass is 1020 g/mol. The van der Waals surface area contributed by atoms with Gasteiger partial charge >= 0.3 is 11.9 Å². The Bertz CT molecular complexity index is 3280. The highest BCUT2D eigenvalue weighted by Gasteiger charge is 2.39. The summed E-state index contributed by atoms with van der Waals surface area (Å²) in [5.74, 6) is -1.35. The average molecular weight is 1020 g/mol. The minimum Gasteiger partial charge on any atom is -0.480 e. The van der Waals surface area contributed by atoms with Crippen molar-refractivity contribution < 1.29 is 45.9 Å². The molecule has 0 bridgehead atoms. The number of aromatic nitrogens is 2. The van der Waals surface area contributed by atoms with Crippen molar-refractivity contribution in [2.45, 2.75) is 110 Å². The first-order valence-corrected chi connectivity index (χ1v) is 26.9. The van der Waals surface area contributed by atoms with E-state index in [9.17, 15) is 41.1 Å². The van der Waals surface area contributed by atoms with Crippen LogP contribution in [-0.4, -0.2) is 75.3 Å². The van der Waals surface area contributed by atoms with Crippen LogP contribution in [0.4, 0.5) is 11.4 Å². The van der Waals surface area contributed by atoms with Crippen molar-refractivity contribution in [1.82, 2.24) is 9.13 Å². The molecule has 6 aromatic rings. The Balaban J connectivity index is 0.000000212. The lowest BCUT2D eigenvalue weighted by Gasteiger charge is -2.30. The fourth-order valence-electron chi connectivity index (χ4n) is 10.2. The van der Waals surface area contributed by atoms with Crippen LogP contribution in [0.3, 0.4) is 0 Å². The van der Waals surface area contributed by atoms with Crippen molar-refractivity contribution in [3.05, 3.63) is 165 Å². The van der Waals surface area contributed by atoms with E-state index in [4.69, 9.17) is 4.74 Å². The first-order valence-electron chi connectivity index (χ1n) is 24.0. The van der Waals surface area contributed by atoms with E-state index in [-0.39, 0.29) is 70.7 Å². The number of sulfonamides is 2. The number of benzene rings is 4. The van der Waals surface area contributed by atoms with Gasteiger partial charge in [0.25, 0.3) is 20.0 Å². The first kappa shape index (κ1) is 53.0. The van der Waals surface area contributed by atoms with Crippen LogP contribution in [0.5, 0.6) is 0 Å². The molecule has 1 N–H and O–H groups in total. The SMILES string of the molecule is CCOC(=O)Cn1c(C)c(Cc2ccccc2S(=O)(=O)N(C)c2ccccc2)c2c1CC(C)(C)CC2=O.Cc1c(Cc2ccccc2S(=O)(=O)N(C)c2ccccc2)c2c(n1CC(=O)O)CC(C)(C)CC2=O. The highest BCUT2D eigenvalue weighted by atomic mass is 32.2. The van der Waals surface area contributed by atoms with Gasteiger partial charge in [0.2, 0.25) is 0 Å².